The van der Waals surface area contributed by atoms with E-state index in [4.69, 9.17) is 5.11 Å². The van der Waals surface area contributed by atoms with E-state index in [1.165, 1.54) is 24.3 Å². The lowest BCUT2D eigenvalue weighted by atomic mass is 10.2. The molecule has 0 fully saturated rings. The monoisotopic (exact) mass is 258 g/mol. The Kier molecular flexibility index (Phi) is 4.00. The number of hydrogen-bond donors (Lipinski definition) is 4. The first-order valence-corrected chi connectivity index (χ1v) is 5.76. The molecule has 2 aromatic rings. The second kappa shape index (κ2) is 5.88. The van der Waals surface area contributed by atoms with Gasteiger partial charge < -0.3 is 10.2 Å². The molecule has 0 aliphatic rings. The van der Waals surface area contributed by atoms with Crippen LogP contribution in [-0.2, 0) is 6.54 Å². The molecule has 5 nitrogen and oxygen atoms in total. The van der Waals surface area contributed by atoms with E-state index in [1.807, 2.05) is 0 Å². The summed E-state index contributed by atoms with van der Waals surface area (Å²) in [6.45, 7) is 0.316. The Hall–Kier alpha value is -2.53. The molecule has 0 spiro atoms. The molecule has 98 valence electrons. The summed E-state index contributed by atoms with van der Waals surface area (Å²) in [6.07, 6.45) is 0. The van der Waals surface area contributed by atoms with Crippen LogP contribution in [0, 0.1) is 0 Å². The minimum atomic E-state index is -0.310. The van der Waals surface area contributed by atoms with Gasteiger partial charge in [-0.2, -0.15) is 0 Å². The molecule has 0 atom stereocenters. The standard InChI is InChI=1S/C14H14N2O3/c17-12-7-5-10(6-8-12)14(19)16-15-9-11-3-1-2-4-13(11)18/h1-8,15,17-18H,9H2,(H,16,19). The minimum Gasteiger partial charge on any atom is -0.508 e. The molecule has 0 bridgehead atoms. The van der Waals surface area contributed by atoms with E-state index in [1.54, 1.807) is 24.3 Å². The zero-order valence-electron chi connectivity index (χ0n) is 10.1. The molecule has 0 aromatic heterocycles. The lowest BCUT2D eigenvalue weighted by Crippen LogP contribution is -2.36. The van der Waals surface area contributed by atoms with Crippen molar-refractivity contribution >= 4 is 5.91 Å². The number of carbonyl (C=O) groups is 1. The fourth-order valence-corrected chi connectivity index (χ4v) is 1.56. The zero-order valence-corrected chi connectivity index (χ0v) is 10.1. The number of aromatic hydroxyl groups is 2. The first-order chi connectivity index (χ1) is 9.16. The van der Waals surface area contributed by atoms with E-state index in [0.717, 1.165) is 0 Å². The molecule has 0 saturated carbocycles. The third-order valence-corrected chi connectivity index (χ3v) is 2.60. The SMILES string of the molecule is O=C(NNCc1ccccc1O)c1ccc(O)cc1. The Bertz CT molecular complexity index is 567. The highest BCUT2D eigenvalue weighted by Crippen LogP contribution is 2.14. The molecule has 0 aliphatic carbocycles. The van der Waals surface area contributed by atoms with Crippen LogP contribution >= 0.6 is 0 Å². The summed E-state index contributed by atoms with van der Waals surface area (Å²) in [5.41, 5.74) is 6.37. The van der Waals surface area contributed by atoms with Gasteiger partial charge in [-0.1, -0.05) is 18.2 Å². The fraction of sp³-hybridized carbons (Fsp3) is 0.0714. The van der Waals surface area contributed by atoms with Crippen molar-refractivity contribution < 1.29 is 15.0 Å². The number of para-hydroxylation sites is 1. The van der Waals surface area contributed by atoms with E-state index in [-0.39, 0.29) is 17.4 Å². The number of phenolic OH excluding ortho intramolecular Hbond substituents is 2. The van der Waals surface area contributed by atoms with Crippen molar-refractivity contribution in [2.75, 3.05) is 0 Å². The van der Waals surface area contributed by atoms with Crippen molar-refractivity contribution in [1.29, 1.82) is 0 Å². The van der Waals surface area contributed by atoms with Gasteiger partial charge in [-0.25, -0.2) is 5.43 Å². The molecule has 0 aliphatic heterocycles. The van der Waals surface area contributed by atoms with Gasteiger partial charge in [-0.15, -0.1) is 0 Å². The van der Waals surface area contributed by atoms with Crippen molar-refractivity contribution in [3.8, 4) is 11.5 Å². The molecule has 0 saturated heterocycles. The van der Waals surface area contributed by atoms with Gasteiger partial charge in [-0.3, -0.25) is 10.2 Å². The molecule has 2 rings (SSSR count). The second-order valence-electron chi connectivity index (χ2n) is 3.98. The third-order valence-electron chi connectivity index (χ3n) is 2.60. The molecular weight excluding hydrogens is 244 g/mol. The third kappa shape index (κ3) is 3.46. The fourth-order valence-electron chi connectivity index (χ4n) is 1.56. The molecule has 0 heterocycles. The number of nitrogens with one attached hydrogen (secondary N) is 2. The number of amides is 1. The highest BCUT2D eigenvalue weighted by molar-refractivity contribution is 5.93. The first kappa shape index (κ1) is 12.9. The summed E-state index contributed by atoms with van der Waals surface area (Å²) in [6, 6.07) is 12.8. The predicted octanol–water partition coefficient (Wildman–Crippen LogP) is 1.53. The van der Waals surface area contributed by atoms with Crippen LogP contribution in [-0.4, -0.2) is 16.1 Å². The highest BCUT2D eigenvalue weighted by atomic mass is 16.3. The Labute approximate surface area is 110 Å². The van der Waals surface area contributed by atoms with Crippen molar-refractivity contribution in [1.82, 2.24) is 10.9 Å². The molecule has 1 amide bonds. The maximum Gasteiger partial charge on any atom is 0.265 e. The number of rotatable bonds is 4. The van der Waals surface area contributed by atoms with Gasteiger partial charge in [0, 0.05) is 17.7 Å². The minimum absolute atomic E-state index is 0.110. The average molecular weight is 258 g/mol. The maximum absolute atomic E-state index is 11.7. The van der Waals surface area contributed by atoms with Crippen molar-refractivity contribution in [2.45, 2.75) is 6.54 Å². The van der Waals surface area contributed by atoms with Crippen LogP contribution in [0.3, 0.4) is 0 Å². The van der Waals surface area contributed by atoms with Crippen LogP contribution in [0.25, 0.3) is 0 Å². The summed E-state index contributed by atoms with van der Waals surface area (Å²) in [7, 11) is 0. The molecular formula is C14H14N2O3. The van der Waals surface area contributed by atoms with Crippen LogP contribution in [0.15, 0.2) is 48.5 Å². The normalized spacial score (nSPS) is 10.1. The van der Waals surface area contributed by atoms with Crippen LogP contribution in [0.5, 0.6) is 11.5 Å². The smallest absolute Gasteiger partial charge is 0.265 e. The van der Waals surface area contributed by atoms with E-state index in [2.05, 4.69) is 10.9 Å². The van der Waals surface area contributed by atoms with E-state index in [0.29, 0.717) is 17.7 Å². The number of carbonyl (C=O) groups excluding carboxylic acids is 1. The largest absolute Gasteiger partial charge is 0.508 e. The molecule has 5 heteroatoms. The lowest BCUT2D eigenvalue weighted by molar-refractivity contribution is 0.0932. The second-order valence-corrected chi connectivity index (χ2v) is 3.98. The Morgan fingerprint density at radius 3 is 2.37 bits per heavy atom. The molecule has 0 radical (unpaired) electrons. The molecule has 4 N–H and O–H groups in total. The Balaban J connectivity index is 1.88. The Morgan fingerprint density at radius 1 is 1.00 bits per heavy atom. The quantitative estimate of drug-likeness (QED) is 0.627. The summed E-state index contributed by atoms with van der Waals surface area (Å²) in [4.78, 5) is 11.7. The molecule has 0 unspecified atom stereocenters. The number of benzene rings is 2. The predicted molar refractivity (Wildman–Crippen MR) is 70.5 cm³/mol. The van der Waals surface area contributed by atoms with Crippen LogP contribution < -0.4 is 10.9 Å². The van der Waals surface area contributed by atoms with Gasteiger partial charge in [-0.05, 0) is 30.3 Å². The summed E-state index contributed by atoms with van der Waals surface area (Å²) < 4.78 is 0. The summed E-state index contributed by atoms with van der Waals surface area (Å²) >= 11 is 0. The van der Waals surface area contributed by atoms with Crippen LogP contribution in [0.4, 0.5) is 0 Å². The number of hydrazine groups is 1. The molecule has 2 aromatic carbocycles. The van der Waals surface area contributed by atoms with Gasteiger partial charge in [0.15, 0.2) is 0 Å². The van der Waals surface area contributed by atoms with Gasteiger partial charge in [0.1, 0.15) is 11.5 Å². The van der Waals surface area contributed by atoms with Crippen molar-refractivity contribution in [2.24, 2.45) is 0 Å². The highest BCUT2D eigenvalue weighted by Gasteiger charge is 2.05. The van der Waals surface area contributed by atoms with Gasteiger partial charge in [0.2, 0.25) is 0 Å². The van der Waals surface area contributed by atoms with Crippen molar-refractivity contribution in [3.63, 3.8) is 0 Å². The number of hydrogen-bond acceptors (Lipinski definition) is 4. The van der Waals surface area contributed by atoms with Gasteiger partial charge >= 0.3 is 0 Å². The van der Waals surface area contributed by atoms with Crippen molar-refractivity contribution in [3.05, 3.63) is 59.7 Å². The first-order valence-electron chi connectivity index (χ1n) is 5.76. The van der Waals surface area contributed by atoms with Gasteiger partial charge in [0.25, 0.3) is 5.91 Å². The summed E-state index contributed by atoms with van der Waals surface area (Å²) in [5, 5.41) is 18.7. The van der Waals surface area contributed by atoms with E-state index < -0.39 is 0 Å². The Morgan fingerprint density at radius 2 is 1.68 bits per heavy atom. The van der Waals surface area contributed by atoms with Gasteiger partial charge in [0.05, 0.1) is 0 Å². The van der Waals surface area contributed by atoms with Crippen LogP contribution in [0.2, 0.25) is 0 Å². The van der Waals surface area contributed by atoms with E-state index >= 15 is 0 Å². The average Bonchev–Trinajstić information content (AvgIpc) is 2.41. The van der Waals surface area contributed by atoms with Crippen LogP contribution in [0.1, 0.15) is 15.9 Å². The maximum atomic E-state index is 11.7. The number of phenols is 2. The zero-order chi connectivity index (χ0) is 13.7. The summed E-state index contributed by atoms with van der Waals surface area (Å²) in [5.74, 6) is -0.0250. The molecule has 19 heavy (non-hydrogen) atoms. The lowest BCUT2D eigenvalue weighted by Gasteiger charge is -2.08. The van der Waals surface area contributed by atoms with E-state index in [9.17, 15) is 9.90 Å². The topological polar surface area (TPSA) is 81.6 Å².